The maximum Gasteiger partial charge on any atom is 0.388 e. The standard InChI is InChI=1S/C5H7BN2.C3H9N/c1-5(2)6(3-7)4-8;1-4(2)3/h5H,1-2H3;1-3H3. The maximum atomic E-state index is 8.22. The van der Waals surface area contributed by atoms with Crippen LogP contribution in [0.3, 0.4) is 0 Å². The molecule has 0 aromatic rings. The fraction of sp³-hybridized carbons (Fsp3) is 0.750. The van der Waals surface area contributed by atoms with Crippen molar-refractivity contribution in [2.24, 2.45) is 0 Å². The van der Waals surface area contributed by atoms with E-state index in [4.69, 9.17) is 10.5 Å². The van der Waals surface area contributed by atoms with E-state index in [1.54, 1.807) is 0 Å². The molecule has 0 fully saturated rings. The molecule has 0 rings (SSSR count). The van der Waals surface area contributed by atoms with Crippen molar-refractivity contribution in [2.45, 2.75) is 19.7 Å². The van der Waals surface area contributed by atoms with Crippen LogP contribution >= 0.6 is 0 Å². The van der Waals surface area contributed by atoms with Crippen LogP contribution in [-0.2, 0) is 0 Å². The molecular weight excluding hydrogens is 149 g/mol. The Morgan fingerprint density at radius 1 is 1.08 bits per heavy atom. The lowest BCUT2D eigenvalue weighted by molar-refractivity contribution is 0.505. The number of hydrogen-bond donors (Lipinski definition) is 0. The van der Waals surface area contributed by atoms with Gasteiger partial charge in [0.2, 0.25) is 0 Å². The molecule has 0 aliphatic heterocycles. The largest absolute Gasteiger partial charge is 0.388 e. The highest BCUT2D eigenvalue weighted by Gasteiger charge is 2.16. The van der Waals surface area contributed by atoms with Crippen LogP contribution < -0.4 is 0 Å². The number of nitriles is 2. The Morgan fingerprint density at radius 3 is 1.33 bits per heavy atom. The van der Waals surface area contributed by atoms with Gasteiger partial charge in [-0.3, -0.25) is 0 Å². The molecule has 0 bridgehead atoms. The van der Waals surface area contributed by atoms with Crippen LogP contribution in [0.15, 0.2) is 0 Å². The zero-order valence-corrected chi connectivity index (χ0v) is 8.50. The second kappa shape index (κ2) is 8.10. The van der Waals surface area contributed by atoms with Crippen molar-refractivity contribution in [3.8, 4) is 11.9 Å². The van der Waals surface area contributed by atoms with Gasteiger partial charge >= 0.3 is 6.71 Å². The number of hydrogen-bond acceptors (Lipinski definition) is 3. The van der Waals surface area contributed by atoms with E-state index in [0.717, 1.165) is 0 Å². The molecule has 66 valence electrons. The van der Waals surface area contributed by atoms with Gasteiger partial charge in [-0.2, -0.15) is 0 Å². The normalized spacial score (nSPS) is 8.08. The van der Waals surface area contributed by atoms with E-state index in [1.165, 1.54) is 0 Å². The monoisotopic (exact) mass is 165 g/mol. The van der Waals surface area contributed by atoms with Crippen molar-refractivity contribution in [2.75, 3.05) is 21.1 Å². The van der Waals surface area contributed by atoms with Crippen LogP contribution in [0.25, 0.3) is 0 Å². The summed E-state index contributed by atoms with van der Waals surface area (Å²) < 4.78 is 0. The Labute approximate surface area is 75.7 Å². The van der Waals surface area contributed by atoms with Crippen LogP contribution in [0.5, 0.6) is 0 Å². The minimum absolute atomic E-state index is 0.157. The van der Waals surface area contributed by atoms with Gasteiger partial charge in [0.25, 0.3) is 0 Å². The lowest BCUT2D eigenvalue weighted by Gasteiger charge is -1.94. The van der Waals surface area contributed by atoms with Crippen molar-refractivity contribution < 1.29 is 0 Å². The van der Waals surface area contributed by atoms with E-state index in [9.17, 15) is 0 Å². The van der Waals surface area contributed by atoms with Gasteiger partial charge in [-0.25, -0.2) is 10.5 Å². The van der Waals surface area contributed by atoms with E-state index >= 15 is 0 Å². The fourth-order valence-corrected chi connectivity index (χ4v) is 0.327. The minimum atomic E-state index is -0.435. The van der Waals surface area contributed by atoms with Crippen LogP contribution in [0.1, 0.15) is 13.8 Å². The molecule has 0 amide bonds. The molecule has 0 aromatic heterocycles. The molecule has 12 heavy (non-hydrogen) atoms. The summed E-state index contributed by atoms with van der Waals surface area (Å²) in [5.74, 6) is 3.94. The van der Waals surface area contributed by atoms with Crippen molar-refractivity contribution >= 4 is 6.71 Å². The van der Waals surface area contributed by atoms with E-state index in [2.05, 4.69) is 0 Å². The van der Waals surface area contributed by atoms with Gasteiger partial charge < -0.3 is 4.90 Å². The van der Waals surface area contributed by atoms with Gasteiger partial charge in [0.05, 0.1) is 0 Å². The SMILES string of the molecule is CC(C)B(C#N)C#N.CN(C)C. The molecule has 0 unspecified atom stereocenters. The van der Waals surface area contributed by atoms with Crippen LogP contribution in [0.2, 0.25) is 5.82 Å². The average Bonchev–Trinajstić information content (AvgIpc) is 1.87. The quantitative estimate of drug-likeness (QED) is 0.548. The molecule has 0 aromatic carbocycles. The molecule has 0 saturated heterocycles. The first kappa shape index (κ1) is 13.6. The zero-order valence-electron chi connectivity index (χ0n) is 8.50. The zero-order chi connectivity index (χ0) is 10.1. The van der Waals surface area contributed by atoms with Gasteiger partial charge in [-0.15, -0.1) is 0 Å². The summed E-state index contributed by atoms with van der Waals surface area (Å²) in [6.07, 6.45) is 0. The first-order valence-corrected chi connectivity index (χ1v) is 3.85. The summed E-state index contributed by atoms with van der Waals surface area (Å²) in [7, 11) is 6.00. The lowest BCUT2D eigenvalue weighted by atomic mass is 9.45. The average molecular weight is 165 g/mol. The Bertz CT molecular complexity index is 159. The predicted molar refractivity (Wildman–Crippen MR) is 51.7 cm³/mol. The summed E-state index contributed by atoms with van der Waals surface area (Å²) in [6.45, 7) is 3.28. The smallest absolute Gasteiger partial charge is 0.312 e. The molecule has 0 aliphatic rings. The van der Waals surface area contributed by atoms with E-state index in [0.29, 0.717) is 0 Å². The maximum absolute atomic E-state index is 8.22. The van der Waals surface area contributed by atoms with Gasteiger partial charge in [0.1, 0.15) is 0 Å². The van der Waals surface area contributed by atoms with Crippen molar-refractivity contribution in [3.63, 3.8) is 0 Å². The highest BCUT2D eigenvalue weighted by Crippen LogP contribution is 2.03. The summed E-state index contributed by atoms with van der Waals surface area (Å²) in [5.41, 5.74) is 0. The van der Waals surface area contributed by atoms with Gasteiger partial charge in [-0.1, -0.05) is 13.8 Å². The molecule has 0 radical (unpaired) electrons. The third-order valence-electron chi connectivity index (χ3n) is 0.945. The summed E-state index contributed by atoms with van der Waals surface area (Å²) >= 11 is 0. The third-order valence-corrected chi connectivity index (χ3v) is 0.945. The highest BCUT2D eigenvalue weighted by atomic mass is 15.0. The Kier molecular flexibility index (Phi) is 9.18. The highest BCUT2D eigenvalue weighted by molar-refractivity contribution is 6.75. The van der Waals surface area contributed by atoms with E-state index in [-0.39, 0.29) is 5.82 Å². The lowest BCUT2D eigenvalue weighted by Crippen LogP contribution is -2.10. The van der Waals surface area contributed by atoms with E-state index < -0.39 is 6.71 Å². The molecule has 0 N–H and O–H groups in total. The molecular formula is C8H16BN3. The second-order valence-electron chi connectivity index (χ2n) is 3.32. The molecule has 0 atom stereocenters. The predicted octanol–water partition coefficient (Wildman–Crippen LogP) is 1.19. The van der Waals surface area contributed by atoms with Gasteiger partial charge in [0, 0.05) is 11.9 Å². The molecule has 0 aliphatic carbocycles. The molecule has 0 saturated carbocycles. The van der Waals surface area contributed by atoms with Gasteiger partial charge in [0.15, 0.2) is 0 Å². The van der Waals surface area contributed by atoms with Crippen molar-refractivity contribution in [3.05, 3.63) is 0 Å². The third kappa shape index (κ3) is 11.8. The fourth-order valence-electron chi connectivity index (χ4n) is 0.327. The first-order valence-electron chi connectivity index (χ1n) is 3.85. The van der Waals surface area contributed by atoms with Crippen molar-refractivity contribution in [1.82, 2.24) is 4.90 Å². The molecule has 4 heteroatoms. The number of rotatable bonds is 1. The van der Waals surface area contributed by atoms with Crippen molar-refractivity contribution in [1.29, 1.82) is 10.5 Å². The molecule has 0 spiro atoms. The number of nitrogens with zero attached hydrogens (tertiary/aromatic N) is 3. The van der Waals surface area contributed by atoms with E-state index in [1.807, 2.05) is 51.8 Å². The second-order valence-corrected chi connectivity index (χ2v) is 3.32. The Hall–Kier alpha value is -0.995. The summed E-state index contributed by atoms with van der Waals surface area (Å²) in [5, 5.41) is 16.4. The molecule has 0 heterocycles. The summed E-state index contributed by atoms with van der Waals surface area (Å²) in [6, 6.07) is 0. The Morgan fingerprint density at radius 2 is 1.33 bits per heavy atom. The summed E-state index contributed by atoms with van der Waals surface area (Å²) in [4.78, 5) is 2.00. The molecule has 3 nitrogen and oxygen atoms in total. The van der Waals surface area contributed by atoms with Crippen LogP contribution in [0, 0.1) is 22.5 Å². The Balaban J connectivity index is 0. The first-order chi connectivity index (χ1) is 5.45. The van der Waals surface area contributed by atoms with Gasteiger partial charge in [-0.05, 0) is 27.0 Å². The van der Waals surface area contributed by atoms with Crippen LogP contribution in [0.4, 0.5) is 0 Å². The van der Waals surface area contributed by atoms with Crippen LogP contribution in [-0.4, -0.2) is 32.8 Å². The minimum Gasteiger partial charge on any atom is -0.312 e. The topological polar surface area (TPSA) is 50.8 Å².